The Balaban J connectivity index is 1.72. The summed E-state index contributed by atoms with van der Waals surface area (Å²) in [5.74, 6) is -2.54. The van der Waals surface area contributed by atoms with E-state index in [1.165, 1.54) is 40.5 Å². The van der Waals surface area contributed by atoms with Crippen LogP contribution in [0.1, 0.15) is 11.4 Å². The Morgan fingerprint density at radius 3 is 2.74 bits per heavy atom. The number of ether oxygens (including phenoxy) is 1. The molecule has 0 aliphatic carbocycles. The largest absolute Gasteiger partial charge is 0.481 e. The van der Waals surface area contributed by atoms with Gasteiger partial charge in [0.05, 0.1) is 28.9 Å². The summed E-state index contributed by atoms with van der Waals surface area (Å²) in [6, 6.07) is 7.87. The minimum Gasteiger partial charge on any atom is -0.481 e. The number of anilines is 1. The van der Waals surface area contributed by atoms with Crippen LogP contribution in [-0.4, -0.2) is 28.1 Å². The minimum absolute atomic E-state index is 0.00423. The van der Waals surface area contributed by atoms with Crippen LogP contribution in [-0.2, 0) is 16.1 Å². The molecule has 1 aromatic heterocycles. The van der Waals surface area contributed by atoms with Gasteiger partial charge in [-0.05, 0) is 24.3 Å². The van der Waals surface area contributed by atoms with Gasteiger partial charge in [0.15, 0.2) is 6.10 Å². The Labute approximate surface area is 155 Å². The highest BCUT2D eigenvalue weighted by molar-refractivity contribution is 7.18. The van der Waals surface area contributed by atoms with Crippen molar-refractivity contribution in [3.8, 4) is 5.75 Å². The third kappa shape index (κ3) is 3.33. The van der Waals surface area contributed by atoms with Gasteiger partial charge in [0.25, 0.3) is 5.91 Å². The lowest BCUT2D eigenvalue weighted by Gasteiger charge is -2.33. The minimum atomic E-state index is -1.22. The first-order valence-corrected chi connectivity index (χ1v) is 8.77. The topological polar surface area (TPSA) is 79.7 Å². The fraction of sp³-hybridized carbons (Fsp3) is 0.167. The third-order valence-corrected chi connectivity index (χ3v) is 5.09. The number of benzene rings is 2. The van der Waals surface area contributed by atoms with Crippen molar-refractivity contribution < 1.29 is 28.2 Å². The van der Waals surface area contributed by atoms with Crippen molar-refractivity contribution in [1.29, 1.82) is 0 Å². The molecule has 2 heterocycles. The maximum absolute atomic E-state index is 13.7. The first-order valence-electron chi connectivity index (χ1n) is 7.95. The second-order valence-corrected chi connectivity index (χ2v) is 7.08. The Morgan fingerprint density at radius 2 is 1.96 bits per heavy atom. The van der Waals surface area contributed by atoms with Crippen molar-refractivity contribution in [2.75, 3.05) is 4.90 Å². The van der Waals surface area contributed by atoms with Gasteiger partial charge in [0, 0.05) is 12.1 Å². The first-order chi connectivity index (χ1) is 12.9. The van der Waals surface area contributed by atoms with Crippen LogP contribution in [0.3, 0.4) is 0 Å². The van der Waals surface area contributed by atoms with E-state index in [1.54, 1.807) is 6.07 Å². The number of thiazole rings is 1. The van der Waals surface area contributed by atoms with Crippen LogP contribution >= 0.6 is 11.3 Å². The van der Waals surface area contributed by atoms with Crippen LogP contribution in [0, 0.1) is 11.6 Å². The summed E-state index contributed by atoms with van der Waals surface area (Å²) in [7, 11) is 0. The fourth-order valence-electron chi connectivity index (χ4n) is 2.90. The molecule has 1 unspecified atom stereocenters. The lowest BCUT2D eigenvalue weighted by molar-refractivity contribution is -0.142. The molecule has 0 fully saturated rings. The van der Waals surface area contributed by atoms with Gasteiger partial charge in [-0.25, -0.2) is 13.8 Å². The van der Waals surface area contributed by atoms with Crippen LogP contribution in [0.5, 0.6) is 5.75 Å². The number of hydrogen-bond donors (Lipinski definition) is 1. The molecule has 1 aliphatic rings. The number of fused-ring (bicyclic) bond motifs is 2. The molecule has 3 aromatic rings. The highest BCUT2D eigenvalue weighted by atomic mass is 32.1. The van der Waals surface area contributed by atoms with Gasteiger partial charge in [-0.3, -0.25) is 14.5 Å². The molecule has 138 valence electrons. The number of carboxylic acid groups (broad SMARTS) is 1. The molecule has 0 spiro atoms. The van der Waals surface area contributed by atoms with Gasteiger partial charge in [0.1, 0.15) is 22.4 Å². The van der Waals surface area contributed by atoms with Gasteiger partial charge in [-0.15, -0.1) is 11.3 Å². The molecule has 1 amide bonds. The molecule has 1 N–H and O–H groups in total. The second kappa shape index (κ2) is 6.58. The van der Waals surface area contributed by atoms with Gasteiger partial charge in [-0.2, -0.15) is 0 Å². The molecule has 9 heteroatoms. The van der Waals surface area contributed by atoms with Crippen molar-refractivity contribution in [3.05, 3.63) is 53.0 Å². The lowest BCUT2D eigenvalue weighted by Crippen LogP contribution is -2.46. The van der Waals surface area contributed by atoms with E-state index in [0.717, 1.165) is 10.8 Å². The number of hydrogen-bond acceptors (Lipinski definition) is 5. The summed E-state index contributed by atoms with van der Waals surface area (Å²) in [4.78, 5) is 29.3. The Hall–Kier alpha value is -3.07. The van der Waals surface area contributed by atoms with Crippen molar-refractivity contribution in [1.82, 2.24) is 4.98 Å². The molecule has 0 saturated heterocycles. The molecule has 27 heavy (non-hydrogen) atoms. The average Bonchev–Trinajstić information content (AvgIpc) is 3.00. The number of aromatic nitrogens is 1. The quantitative estimate of drug-likeness (QED) is 0.739. The van der Waals surface area contributed by atoms with Crippen molar-refractivity contribution >= 4 is 39.1 Å². The number of aliphatic carboxylic acids is 1. The Bertz CT molecular complexity index is 1070. The summed E-state index contributed by atoms with van der Waals surface area (Å²) < 4.78 is 33.3. The highest BCUT2D eigenvalue weighted by Crippen LogP contribution is 2.37. The van der Waals surface area contributed by atoms with E-state index < -0.39 is 36.0 Å². The predicted octanol–water partition coefficient (Wildman–Crippen LogP) is 3.34. The summed E-state index contributed by atoms with van der Waals surface area (Å²) in [5, 5.41) is 9.53. The molecule has 6 nitrogen and oxygen atoms in total. The number of nitrogens with zero attached hydrogens (tertiary/aromatic N) is 2. The summed E-state index contributed by atoms with van der Waals surface area (Å²) in [6.07, 6.45) is -1.73. The van der Waals surface area contributed by atoms with E-state index in [2.05, 4.69) is 4.98 Å². The van der Waals surface area contributed by atoms with Crippen LogP contribution < -0.4 is 9.64 Å². The lowest BCUT2D eigenvalue weighted by atomic mass is 10.1. The van der Waals surface area contributed by atoms with Crippen molar-refractivity contribution in [2.24, 2.45) is 0 Å². The highest BCUT2D eigenvalue weighted by Gasteiger charge is 2.36. The summed E-state index contributed by atoms with van der Waals surface area (Å²) >= 11 is 1.27. The zero-order valence-electron chi connectivity index (χ0n) is 13.7. The van der Waals surface area contributed by atoms with E-state index >= 15 is 0 Å². The average molecular weight is 390 g/mol. The molecule has 0 saturated carbocycles. The summed E-state index contributed by atoms with van der Waals surface area (Å²) in [5.41, 5.74) is 0.657. The number of amides is 1. The molecule has 0 radical (unpaired) electrons. The normalized spacial score (nSPS) is 16.3. The van der Waals surface area contributed by atoms with Crippen LogP contribution in [0.25, 0.3) is 10.2 Å². The van der Waals surface area contributed by atoms with Gasteiger partial charge in [0.2, 0.25) is 0 Å². The number of halogens is 2. The second-order valence-electron chi connectivity index (χ2n) is 5.96. The van der Waals surface area contributed by atoms with Crippen LogP contribution in [0.2, 0.25) is 0 Å². The van der Waals surface area contributed by atoms with E-state index in [0.29, 0.717) is 10.5 Å². The molecule has 1 aliphatic heterocycles. The smallest absolute Gasteiger partial charge is 0.307 e. The number of carboxylic acids is 1. The molecule has 0 bridgehead atoms. The third-order valence-electron chi connectivity index (χ3n) is 4.07. The molecular formula is C18H12F2N2O4S. The van der Waals surface area contributed by atoms with Crippen LogP contribution in [0.15, 0.2) is 36.4 Å². The first kappa shape index (κ1) is 17.3. The van der Waals surface area contributed by atoms with Crippen molar-refractivity contribution in [2.45, 2.75) is 19.1 Å². The van der Waals surface area contributed by atoms with Gasteiger partial charge >= 0.3 is 5.97 Å². The van der Waals surface area contributed by atoms with E-state index in [4.69, 9.17) is 9.84 Å². The zero-order valence-corrected chi connectivity index (χ0v) is 14.5. The van der Waals surface area contributed by atoms with Crippen LogP contribution in [0.4, 0.5) is 14.5 Å². The molecule has 2 aromatic carbocycles. The van der Waals surface area contributed by atoms with E-state index in [9.17, 15) is 18.4 Å². The van der Waals surface area contributed by atoms with Crippen molar-refractivity contribution in [3.63, 3.8) is 0 Å². The maximum atomic E-state index is 13.7. The molecular weight excluding hydrogens is 378 g/mol. The molecule has 1 atom stereocenters. The van der Waals surface area contributed by atoms with E-state index in [-0.39, 0.29) is 18.0 Å². The van der Waals surface area contributed by atoms with Gasteiger partial charge in [-0.1, -0.05) is 0 Å². The Morgan fingerprint density at radius 1 is 1.22 bits per heavy atom. The number of rotatable bonds is 4. The standard InChI is InChI=1S/C18H12F2N2O4S/c19-9-2-4-15-11(5-9)21-16(27-15)8-22-12-6-10(20)1-3-13(12)26-14(18(22)25)7-17(23)24/h1-6,14H,7-8H2,(H,23,24). The molecule has 4 rings (SSSR count). The monoisotopic (exact) mass is 390 g/mol. The van der Waals surface area contributed by atoms with Gasteiger partial charge < -0.3 is 9.84 Å². The Kier molecular flexibility index (Phi) is 4.23. The maximum Gasteiger partial charge on any atom is 0.307 e. The SMILES string of the molecule is O=C(O)CC1Oc2ccc(F)cc2N(Cc2nc3cc(F)ccc3s2)C1=O. The predicted molar refractivity (Wildman–Crippen MR) is 93.8 cm³/mol. The zero-order chi connectivity index (χ0) is 19.1. The fourth-order valence-corrected chi connectivity index (χ4v) is 3.84. The summed E-state index contributed by atoms with van der Waals surface area (Å²) in [6.45, 7) is -0.00423. The number of carbonyl (C=O) groups excluding carboxylic acids is 1. The van der Waals surface area contributed by atoms with E-state index in [1.807, 2.05) is 0 Å². The number of carbonyl (C=O) groups is 2.